The van der Waals surface area contributed by atoms with Crippen molar-refractivity contribution in [3.8, 4) is 17.1 Å². The summed E-state index contributed by atoms with van der Waals surface area (Å²) < 4.78 is 49.0. The highest BCUT2D eigenvalue weighted by atomic mass is 19.4. The number of hydrogen-bond donors (Lipinski definition) is 0. The molecule has 0 aliphatic rings. The van der Waals surface area contributed by atoms with Gasteiger partial charge in [0.1, 0.15) is 17.3 Å². The summed E-state index contributed by atoms with van der Waals surface area (Å²) in [5.41, 5.74) is 0.353. The van der Waals surface area contributed by atoms with Crippen molar-refractivity contribution in [1.29, 1.82) is 0 Å². The van der Waals surface area contributed by atoms with Crippen molar-refractivity contribution in [3.05, 3.63) is 72.0 Å². The lowest BCUT2D eigenvalue weighted by molar-refractivity contribution is -0.137. The molecule has 6 heteroatoms. The number of aliphatic imine (C=N–C) groups is 1. The molecule has 0 saturated carbocycles. The van der Waals surface area contributed by atoms with Gasteiger partial charge in [0, 0.05) is 5.56 Å². The van der Waals surface area contributed by atoms with Crippen molar-refractivity contribution in [2.45, 2.75) is 6.18 Å². The number of ether oxygens (including phenoxy) is 1. The molecular formula is C19H14F3NO2. The smallest absolute Gasteiger partial charge is 0.416 e. The number of rotatable bonds is 4. The average molecular weight is 345 g/mol. The number of methoxy groups -OCH3 is 1. The number of furan rings is 1. The summed E-state index contributed by atoms with van der Waals surface area (Å²) in [6, 6.07) is 15.4. The minimum atomic E-state index is -4.39. The first kappa shape index (κ1) is 16.8. The van der Waals surface area contributed by atoms with Gasteiger partial charge in [-0.25, -0.2) is 0 Å². The van der Waals surface area contributed by atoms with Crippen LogP contribution in [0, 0.1) is 0 Å². The molecule has 2 aromatic carbocycles. The van der Waals surface area contributed by atoms with E-state index in [0.717, 1.165) is 17.9 Å². The van der Waals surface area contributed by atoms with Crippen molar-refractivity contribution in [1.82, 2.24) is 0 Å². The fraction of sp³-hybridized carbons (Fsp3) is 0.105. The van der Waals surface area contributed by atoms with E-state index >= 15 is 0 Å². The maximum atomic E-state index is 12.8. The minimum Gasteiger partial charge on any atom is -0.497 e. The molecule has 0 saturated heterocycles. The number of hydrogen-bond acceptors (Lipinski definition) is 3. The van der Waals surface area contributed by atoms with Crippen molar-refractivity contribution >= 4 is 11.9 Å². The van der Waals surface area contributed by atoms with Crippen LogP contribution in [0.4, 0.5) is 18.9 Å². The SMILES string of the molecule is COc1ccc(N=Cc2ccc(-c3cccc(C(F)(F)F)c3)o2)cc1. The molecule has 0 radical (unpaired) electrons. The Balaban J connectivity index is 1.79. The van der Waals surface area contributed by atoms with Gasteiger partial charge in [-0.05, 0) is 48.5 Å². The number of benzene rings is 2. The summed E-state index contributed by atoms with van der Waals surface area (Å²) >= 11 is 0. The van der Waals surface area contributed by atoms with Gasteiger partial charge < -0.3 is 9.15 Å². The Morgan fingerprint density at radius 3 is 2.44 bits per heavy atom. The van der Waals surface area contributed by atoms with E-state index in [4.69, 9.17) is 9.15 Å². The van der Waals surface area contributed by atoms with Crippen LogP contribution in [0.5, 0.6) is 5.75 Å². The molecule has 0 amide bonds. The number of alkyl halides is 3. The quantitative estimate of drug-likeness (QED) is 0.566. The van der Waals surface area contributed by atoms with Crippen LogP contribution >= 0.6 is 0 Å². The zero-order valence-electron chi connectivity index (χ0n) is 13.2. The van der Waals surface area contributed by atoms with Crippen LogP contribution < -0.4 is 4.74 Å². The molecule has 0 aliphatic carbocycles. The van der Waals surface area contributed by atoms with E-state index in [9.17, 15) is 13.2 Å². The molecule has 0 fully saturated rings. The van der Waals surface area contributed by atoms with E-state index in [0.29, 0.717) is 22.8 Å². The Hall–Kier alpha value is -3.02. The molecule has 0 spiro atoms. The van der Waals surface area contributed by atoms with Gasteiger partial charge in [-0.2, -0.15) is 13.2 Å². The monoisotopic (exact) mass is 345 g/mol. The van der Waals surface area contributed by atoms with Gasteiger partial charge in [-0.15, -0.1) is 0 Å². The minimum absolute atomic E-state index is 0.349. The third-order valence-corrected chi connectivity index (χ3v) is 3.51. The van der Waals surface area contributed by atoms with Gasteiger partial charge in [0.15, 0.2) is 0 Å². The van der Waals surface area contributed by atoms with Crippen LogP contribution in [0.15, 0.2) is 70.1 Å². The third kappa shape index (κ3) is 4.09. The molecule has 0 atom stereocenters. The molecule has 0 N–H and O–H groups in total. The predicted molar refractivity (Wildman–Crippen MR) is 89.4 cm³/mol. The fourth-order valence-electron chi connectivity index (χ4n) is 2.23. The fourth-order valence-corrected chi connectivity index (χ4v) is 2.23. The van der Waals surface area contributed by atoms with Gasteiger partial charge in [0.2, 0.25) is 0 Å². The van der Waals surface area contributed by atoms with Gasteiger partial charge in [0.05, 0.1) is 24.6 Å². The summed E-state index contributed by atoms with van der Waals surface area (Å²) in [4.78, 5) is 4.26. The van der Waals surface area contributed by atoms with Crippen LogP contribution in [0.25, 0.3) is 11.3 Å². The highest BCUT2D eigenvalue weighted by molar-refractivity contribution is 5.80. The second-order valence-corrected chi connectivity index (χ2v) is 5.24. The maximum Gasteiger partial charge on any atom is 0.416 e. The van der Waals surface area contributed by atoms with Crippen molar-refractivity contribution < 1.29 is 22.3 Å². The van der Waals surface area contributed by atoms with E-state index in [1.54, 1.807) is 49.6 Å². The molecule has 128 valence electrons. The molecule has 3 aromatic rings. The topological polar surface area (TPSA) is 34.7 Å². The molecule has 3 rings (SSSR count). The summed E-state index contributed by atoms with van der Waals surface area (Å²) in [6.07, 6.45) is -2.87. The second kappa shape index (κ2) is 6.84. The van der Waals surface area contributed by atoms with E-state index in [1.165, 1.54) is 12.3 Å². The van der Waals surface area contributed by atoms with Crippen LogP contribution in [0.2, 0.25) is 0 Å². The largest absolute Gasteiger partial charge is 0.497 e. The Labute approximate surface area is 142 Å². The maximum absolute atomic E-state index is 12.8. The molecule has 1 aromatic heterocycles. The van der Waals surface area contributed by atoms with Gasteiger partial charge in [-0.1, -0.05) is 12.1 Å². The summed E-state index contributed by atoms with van der Waals surface area (Å²) in [7, 11) is 1.58. The van der Waals surface area contributed by atoms with Gasteiger partial charge in [-0.3, -0.25) is 4.99 Å². The van der Waals surface area contributed by atoms with E-state index in [1.807, 2.05) is 0 Å². The molecule has 0 unspecified atom stereocenters. The molecule has 25 heavy (non-hydrogen) atoms. The van der Waals surface area contributed by atoms with E-state index in [-0.39, 0.29) is 0 Å². The predicted octanol–water partition coefficient (Wildman–Crippen LogP) is 5.72. The highest BCUT2D eigenvalue weighted by Crippen LogP contribution is 2.32. The lowest BCUT2D eigenvalue weighted by Crippen LogP contribution is -2.04. The molecule has 0 aliphatic heterocycles. The molecule has 1 heterocycles. The number of nitrogens with zero attached hydrogens (tertiary/aromatic N) is 1. The van der Waals surface area contributed by atoms with E-state index in [2.05, 4.69) is 4.99 Å². The second-order valence-electron chi connectivity index (χ2n) is 5.24. The van der Waals surface area contributed by atoms with Crippen LogP contribution in [-0.2, 0) is 6.18 Å². The highest BCUT2D eigenvalue weighted by Gasteiger charge is 2.30. The normalized spacial score (nSPS) is 11.8. The zero-order chi connectivity index (χ0) is 17.9. The first-order chi connectivity index (χ1) is 12.0. The lowest BCUT2D eigenvalue weighted by Gasteiger charge is -2.07. The Bertz CT molecular complexity index is 880. The first-order valence-electron chi connectivity index (χ1n) is 7.41. The van der Waals surface area contributed by atoms with Crippen LogP contribution in [0.1, 0.15) is 11.3 Å². The third-order valence-electron chi connectivity index (χ3n) is 3.51. The molecule has 0 bridgehead atoms. The summed E-state index contributed by atoms with van der Waals surface area (Å²) in [5.74, 6) is 1.52. The standard InChI is InChI=1S/C19H14F3NO2/c1-24-16-7-5-15(6-8-16)23-12-17-9-10-18(25-17)13-3-2-4-14(11-13)19(20,21)22/h2-12H,1H3. The Kier molecular flexibility index (Phi) is 4.61. The number of halogens is 3. The lowest BCUT2D eigenvalue weighted by atomic mass is 10.1. The van der Waals surface area contributed by atoms with Gasteiger partial charge in [0.25, 0.3) is 0 Å². The Morgan fingerprint density at radius 1 is 1.00 bits per heavy atom. The van der Waals surface area contributed by atoms with Gasteiger partial charge >= 0.3 is 6.18 Å². The molecule has 3 nitrogen and oxygen atoms in total. The van der Waals surface area contributed by atoms with E-state index < -0.39 is 11.7 Å². The zero-order valence-corrected chi connectivity index (χ0v) is 13.2. The Morgan fingerprint density at radius 2 is 1.76 bits per heavy atom. The summed E-state index contributed by atoms with van der Waals surface area (Å²) in [6.45, 7) is 0. The van der Waals surface area contributed by atoms with Crippen LogP contribution in [0.3, 0.4) is 0 Å². The van der Waals surface area contributed by atoms with Crippen LogP contribution in [-0.4, -0.2) is 13.3 Å². The molecular weight excluding hydrogens is 331 g/mol. The van der Waals surface area contributed by atoms with Crippen molar-refractivity contribution in [2.75, 3.05) is 7.11 Å². The first-order valence-corrected chi connectivity index (χ1v) is 7.41. The summed E-state index contributed by atoms with van der Waals surface area (Å²) in [5, 5.41) is 0. The average Bonchev–Trinajstić information content (AvgIpc) is 3.09. The van der Waals surface area contributed by atoms with Crippen molar-refractivity contribution in [2.24, 2.45) is 4.99 Å². The van der Waals surface area contributed by atoms with Crippen molar-refractivity contribution in [3.63, 3.8) is 0 Å².